The third kappa shape index (κ3) is 7.54. The third-order valence-corrected chi connectivity index (χ3v) is 8.53. The van der Waals surface area contributed by atoms with Crippen LogP contribution in [0.15, 0.2) is 48.6 Å². The summed E-state index contributed by atoms with van der Waals surface area (Å²) in [5, 5.41) is 3.86. The summed E-state index contributed by atoms with van der Waals surface area (Å²) in [6.07, 6.45) is 19.1. The van der Waals surface area contributed by atoms with Crippen molar-refractivity contribution in [2.45, 2.75) is 89.5 Å². The van der Waals surface area contributed by atoms with Gasteiger partial charge < -0.3 is 10.1 Å². The monoisotopic (exact) mass is 503 g/mol. The van der Waals surface area contributed by atoms with Crippen LogP contribution in [0.4, 0.5) is 5.69 Å². The molecule has 2 fully saturated rings. The molecule has 0 radical (unpaired) electrons. The highest BCUT2D eigenvalue weighted by molar-refractivity contribution is 6.18. The average Bonchev–Trinajstić information content (AvgIpc) is 3.08. The minimum Gasteiger partial charge on any atom is -0.489 e. The lowest BCUT2D eigenvalue weighted by Gasteiger charge is -2.41. The van der Waals surface area contributed by atoms with Gasteiger partial charge in [-0.05, 0) is 108 Å². The summed E-state index contributed by atoms with van der Waals surface area (Å²) in [4.78, 5) is 5.25. The van der Waals surface area contributed by atoms with E-state index < -0.39 is 0 Å². The maximum atomic E-state index is 6.68. The molecule has 1 aromatic rings. The number of benzene rings is 1. The molecule has 1 N–H and O–H groups in total. The second-order valence-corrected chi connectivity index (χ2v) is 13.2. The summed E-state index contributed by atoms with van der Waals surface area (Å²) in [5.74, 6) is 0.957. The van der Waals surface area contributed by atoms with Crippen molar-refractivity contribution in [3.63, 3.8) is 0 Å². The van der Waals surface area contributed by atoms with Crippen LogP contribution >= 0.6 is 0 Å². The molecule has 2 aliphatic heterocycles. The second-order valence-electron chi connectivity index (χ2n) is 13.2. The Morgan fingerprint density at radius 2 is 1.51 bits per heavy atom. The quantitative estimate of drug-likeness (QED) is 0.399. The summed E-state index contributed by atoms with van der Waals surface area (Å²) >= 11 is 0. The molecular weight excluding hydrogens is 453 g/mol. The Hall–Kier alpha value is -1.98. The zero-order valence-electron chi connectivity index (χ0n) is 24.4. The smallest absolute Gasteiger partial charge is 0.143 e. The standard InChI is InChI=1S/C32H50BN3O/c1-30(2,35-19-8-6-9-20-35)24-34-28-15-14-27(26-13-12-17-32(5,33)18-16-26)23-29(28)37-25-31(3,4)36-21-10-7-11-22-36/h12-18,23,34H,6-11,19-22,24-25,33H2,1-5H3. The van der Waals surface area contributed by atoms with Gasteiger partial charge in [0.15, 0.2) is 0 Å². The van der Waals surface area contributed by atoms with Crippen LogP contribution in [-0.4, -0.2) is 68.1 Å². The van der Waals surface area contributed by atoms with Crippen molar-refractivity contribution < 1.29 is 4.74 Å². The van der Waals surface area contributed by atoms with Crippen LogP contribution in [0.1, 0.15) is 78.7 Å². The maximum absolute atomic E-state index is 6.68. The minimum atomic E-state index is 0.00895. The Labute approximate surface area is 227 Å². The van der Waals surface area contributed by atoms with E-state index in [0.29, 0.717) is 6.61 Å². The van der Waals surface area contributed by atoms with E-state index in [2.05, 4.69) is 106 Å². The first-order valence-electron chi connectivity index (χ1n) is 14.7. The molecule has 2 heterocycles. The zero-order chi connectivity index (χ0) is 26.5. The van der Waals surface area contributed by atoms with Gasteiger partial charge in [0, 0.05) is 17.6 Å². The van der Waals surface area contributed by atoms with Crippen molar-refractivity contribution in [1.29, 1.82) is 0 Å². The first-order chi connectivity index (χ1) is 17.6. The van der Waals surface area contributed by atoms with Gasteiger partial charge in [0.1, 0.15) is 20.2 Å². The van der Waals surface area contributed by atoms with E-state index in [0.717, 1.165) is 18.0 Å². The topological polar surface area (TPSA) is 27.7 Å². The van der Waals surface area contributed by atoms with Gasteiger partial charge in [0.2, 0.25) is 0 Å². The van der Waals surface area contributed by atoms with E-state index in [9.17, 15) is 0 Å². The van der Waals surface area contributed by atoms with Crippen LogP contribution in [0.2, 0.25) is 5.31 Å². The molecular formula is C32H50BN3O. The van der Waals surface area contributed by atoms with Gasteiger partial charge in [-0.25, -0.2) is 0 Å². The number of anilines is 1. The molecule has 0 spiro atoms. The highest BCUT2D eigenvalue weighted by Crippen LogP contribution is 2.35. The molecule has 1 atom stereocenters. The summed E-state index contributed by atoms with van der Waals surface area (Å²) < 4.78 is 6.68. The fraction of sp³-hybridized carbons (Fsp3) is 0.625. The lowest BCUT2D eigenvalue weighted by Crippen LogP contribution is -2.51. The van der Waals surface area contributed by atoms with Crippen molar-refractivity contribution in [3.8, 4) is 5.75 Å². The molecule has 0 aromatic heterocycles. The van der Waals surface area contributed by atoms with E-state index in [1.54, 1.807) is 0 Å². The largest absolute Gasteiger partial charge is 0.489 e. The molecule has 5 heteroatoms. The second kappa shape index (κ2) is 11.8. The molecule has 1 aliphatic carbocycles. The fourth-order valence-electron chi connectivity index (χ4n) is 5.74. The molecule has 2 saturated heterocycles. The van der Waals surface area contributed by atoms with Crippen LogP contribution < -0.4 is 10.1 Å². The van der Waals surface area contributed by atoms with Crippen molar-refractivity contribution >= 4 is 19.1 Å². The van der Waals surface area contributed by atoms with Crippen LogP contribution in [0.5, 0.6) is 5.75 Å². The Balaban J connectivity index is 1.55. The van der Waals surface area contributed by atoms with Gasteiger partial charge in [-0.1, -0.05) is 56.2 Å². The van der Waals surface area contributed by atoms with Crippen LogP contribution in [0, 0.1) is 0 Å². The van der Waals surface area contributed by atoms with E-state index in [4.69, 9.17) is 4.74 Å². The van der Waals surface area contributed by atoms with Crippen molar-refractivity contribution in [2.75, 3.05) is 44.6 Å². The Morgan fingerprint density at radius 3 is 2.16 bits per heavy atom. The van der Waals surface area contributed by atoms with E-state index >= 15 is 0 Å². The number of hydrogen-bond acceptors (Lipinski definition) is 4. The predicted octanol–water partition coefficient (Wildman–Crippen LogP) is 6.33. The lowest BCUT2D eigenvalue weighted by atomic mass is 9.70. The number of ether oxygens (including phenoxy) is 1. The van der Waals surface area contributed by atoms with Gasteiger partial charge in [0.05, 0.1) is 5.69 Å². The van der Waals surface area contributed by atoms with Crippen LogP contribution in [-0.2, 0) is 0 Å². The number of allylic oxidation sites excluding steroid dienone is 6. The van der Waals surface area contributed by atoms with Crippen LogP contribution in [0.3, 0.4) is 0 Å². The zero-order valence-corrected chi connectivity index (χ0v) is 24.4. The number of hydrogen-bond donors (Lipinski definition) is 1. The van der Waals surface area contributed by atoms with Gasteiger partial charge in [-0.3, -0.25) is 9.80 Å². The first kappa shape index (κ1) is 28.0. The normalized spacial score (nSPS) is 24.0. The number of likely N-dealkylation sites (tertiary alicyclic amines) is 2. The molecule has 0 amide bonds. The molecule has 1 unspecified atom stereocenters. The molecule has 0 bridgehead atoms. The Morgan fingerprint density at radius 1 is 0.892 bits per heavy atom. The van der Waals surface area contributed by atoms with E-state index in [-0.39, 0.29) is 16.4 Å². The molecule has 4 nitrogen and oxygen atoms in total. The predicted molar refractivity (Wildman–Crippen MR) is 163 cm³/mol. The molecule has 4 rings (SSSR count). The summed E-state index contributed by atoms with van der Waals surface area (Å²) in [5.41, 5.74) is 3.63. The van der Waals surface area contributed by atoms with Gasteiger partial charge in [-0.15, -0.1) is 0 Å². The summed E-state index contributed by atoms with van der Waals surface area (Å²) in [7, 11) is 2.24. The Kier molecular flexibility index (Phi) is 8.96. The third-order valence-electron chi connectivity index (χ3n) is 8.53. The number of nitrogens with one attached hydrogen (secondary N) is 1. The van der Waals surface area contributed by atoms with Gasteiger partial charge in [0.25, 0.3) is 0 Å². The van der Waals surface area contributed by atoms with Gasteiger partial charge >= 0.3 is 0 Å². The molecule has 3 aliphatic rings. The number of rotatable bonds is 9. The fourth-order valence-corrected chi connectivity index (χ4v) is 5.74. The maximum Gasteiger partial charge on any atom is 0.143 e. The lowest BCUT2D eigenvalue weighted by molar-refractivity contribution is 0.0516. The summed E-state index contributed by atoms with van der Waals surface area (Å²) in [6, 6.07) is 6.70. The highest BCUT2D eigenvalue weighted by atomic mass is 16.5. The average molecular weight is 504 g/mol. The SMILES string of the molecule is BC1(C)C=CC=C(c2ccc(NCC(C)(C)N3CCCCC3)c(OCC(C)(C)N3CCCCC3)c2)C=C1. The van der Waals surface area contributed by atoms with Crippen LogP contribution in [0.25, 0.3) is 5.57 Å². The molecule has 37 heavy (non-hydrogen) atoms. The molecule has 1 aromatic carbocycles. The molecule has 202 valence electrons. The van der Waals surface area contributed by atoms with Crippen molar-refractivity contribution in [1.82, 2.24) is 9.80 Å². The van der Waals surface area contributed by atoms with Crippen molar-refractivity contribution in [3.05, 3.63) is 54.1 Å². The molecule has 0 saturated carbocycles. The minimum absolute atomic E-state index is 0.00895. The first-order valence-corrected chi connectivity index (χ1v) is 14.7. The number of piperidine rings is 2. The highest BCUT2D eigenvalue weighted by Gasteiger charge is 2.30. The number of nitrogens with zero attached hydrogens (tertiary/aromatic N) is 2. The Bertz CT molecular complexity index is 995. The van der Waals surface area contributed by atoms with E-state index in [1.807, 2.05) is 0 Å². The van der Waals surface area contributed by atoms with E-state index in [1.165, 1.54) is 75.8 Å². The summed E-state index contributed by atoms with van der Waals surface area (Å²) in [6.45, 7) is 18.0. The van der Waals surface area contributed by atoms with Gasteiger partial charge in [-0.2, -0.15) is 0 Å². The van der Waals surface area contributed by atoms with Crippen molar-refractivity contribution in [2.24, 2.45) is 0 Å².